The Hall–Kier alpha value is -2.07. The Labute approximate surface area is 207 Å². The first-order valence-corrected chi connectivity index (χ1v) is 13.5. The van der Waals surface area contributed by atoms with E-state index in [0.717, 1.165) is 25.0 Å². The van der Waals surface area contributed by atoms with E-state index in [9.17, 15) is 22.0 Å². The Balaban J connectivity index is 1.40. The second-order valence-corrected chi connectivity index (χ2v) is 12.7. The molecule has 2 atom stereocenters. The second kappa shape index (κ2) is 8.50. The zero-order valence-electron chi connectivity index (χ0n) is 19.3. The molecule has 1 saturated heterocycles. The fourth-order valence-corrected chi connectivity index (χ4v) is 8.84. The first-order chi connectivity index (χ1) is 16.4. The van der Waals surface area contributed by atoms with Crippen LogP contribution >= 0.6 is 11.6 Å². The van der Waals surface area contributed by atoms with Crippen molar-refractivity contribution in [3.05, 3.63) is 58.6 Å². The van der Waals surface area contributed by atoms with Crippen LogP contribution in [0.1, 0.15) is 49.9 Å². The molecule has 1 heterocycles. The van der Waals surface area contributed by atoms with Crippen molar-refractivity contribution in [2.24, 2.45) is 11.8 Å². The van der Waals surface area contributed by atoms with Gasteiger partial charge in [-0.05, 0) is 81.7 Å². The average Bonchev–Trinajstić information content (AvgIpc) is 3.24. The maximum atomic E-state index is 13.8. The Bertz CT molecular complexity index is 1280. The topological polar surface area (TPSA) is 81.7 Å². The molecule has 10 heteroatoms. The Morgan fingerprint density at radius 2 is 1.74 bits per heavy atom. The highest BCUT2D eigenvalue weighted by Crippen LogP contribution is 2.55. The van der Waals surface area contributed by atoms with Crippen LogP contribution < -0.4 is 5.32 Å². The van der Waals surface area contributed by atoms with Crippen LogP contribution in [0.5, 0.6) is 0 Å². The quantitative estimate of drug-likeness (QED) is 0.581. The fourth-order valence-electron chi connectivity index (χ4n) is 6.00. The molecule has 188 valence electrons. The predicted molar refractivity (Wildman–Crippen MR) is 126 cm³/mol. The molecule has 6 nitrogen and oxygen atoms in total. The van der Waals surface area contributed by atoms with Gasteiger partial charge in [-0.1, -0.05) is 11.6 Å². The third-order valence-corrected chi connectivity index (χ3v) is 10.2. The summed E-state index contributed by atoms with van der Waals surface area (Å²) in [5.41, 5.74) is -0.380. The van der Waals surface area contributed by atoms with Crippen LogP contribution in [-0.2, 0) is 19.3 Å². The zero-order valence-corrected chi connectivity index (χ0v) is 20.9. The molecule has 0 radical (unpaired) electrons. The van der Waals surface area contributed by atoms with E-state index < -0.39 is 44.0 Å². The van der Waals surface area contributed by atoms with Crippen LogP contribution in [0.4, 0.5) is 14.5 Å². The molecule has 2 aromatic carbocycles. The van der Waals surface area contributed by atoms with Crippen LogP contribution in [0.3, 0.4) is 0 Å². The van der Waals surface area contributed by atoms with Crippen molar-refractivity contribution >= 4 is 33.0 Å². The number of hydrogen-bond acceptors (Lipinski definition) is 5. The third-order valence-electron chi connectivity index (χ3n) is 7.29. The largest absolute Gasteiger partial charge is 0.347 e. The van der Waals surface area contributed by atoms with E-state index in [1.165, 1.54) is 24.3 Å². The lowest BCUT2D eigenvalue weighted by Gasteiger charge is -2.41. The molecule has 2 aliphatic carbocycles. The van der Waals surface area contributed by atoms with Crippen molar-refractivity contribution < 1.29 is 31.5 Å². The van der Waals surface area contributed by atoms with Gasteiger partial charge in [0, 0.05) is 17.3 Å². The van der Waals surface area contributed by atoms with Gasteiger partial charge in [-0.2, -0.15) is 0 Å². The minimum absolute atomic E-state index is 0.0376. The van der Waals surface area contributed by atoms with Gasteiger partial charge in [0.2, 0.25) is 0 Å². The highest BCUT2D eigenvalue weighted by molar-refractivity contribution is 7.92. The summed E-state index contributed by atoms with van der Waals surface area (Å²) < 4.78 is 66.4. The van der Waals surface area contributed by atoms with Crippen LogP contribution in [0.25, 0.3) is 0 Å². The summed E-state index contributed by atoms with van der Waals surface area (Å²) in [5, 5.41) is 1.88. The van der Waals surface area contributed by atoms with Gasteiger partial charge in [-0.25, -0.2) is 17.2 Å². The second-order valence-electron chi connectivity index (χ2n) is 10.2. The minimum atomic E-state index is -3.86. The minimum Gasteiger partial charge on any atom is -0.347 e. The monoisotopic (exact) mass is 525 g/mol. The maximum absolute atomic E-state index is 13.8. The first kappa shape index (κ1) is 24.6. The maximum Gasteiger partial charge on any atom is 0.255 e. The van der Waals surface area contributed by atoms with Gasteiger partial charge in [-0.15, -0.1) is 0 Å². The number of benzene rings is 2. The van der Waals surface area contributed by atoms with E-state index in [-0.39, 0.29) is 33.0 Å². The molecule has 2 unspecified atom stereocenters. The number of sulfone groups is 1. The number of carbonyl (C=O) groups is 1. The van der Waals surface area contributed by atoms with E-state index in [1.54, 1.807) is 0 Å². The number of amides is 1. The van der Waals surface area contributed by atoms with Gasteiger partial charge in [0.05, 0.1) is 27.4 Å². The van der Waals surface area contributed by atoms with Gasteiger partial charge in [-0.3, -0.25) is 4.79 Å². The lowest BCUT2D eigenvalue weighted by Crippen LogP contribution is -2.48. The molecule has 1 aliphatic heterocycles. The molecule has 2 bridgehead atoms. The van der Waals surface area contributed by atoms with Crippen molar-refractivity contribution in [1.82, 2.24) is 0 Å². The van der Waals surface area contributed by atoms with Crippen molar-refractivity contribution in [2.75, 3.05) is 11.9 Å². The van der Waals surface area contributed by atoms with E-state index >= 15 is 0 Å². The zero-order chi connectivity index (χ0) is 25.2. The van der Waals surface area contributed by atoms with E-state index in [1.807, 2.05) is 13.8 Å². The summed E-state index contributed by atoms with van der Waals surface area (Å²) >= 11 is 6.33. The molecule has 1 spiro atoms. The van der Waals surface area contributed by atoms with Gasteiger partial charge < -0.3 is 14.8 Å². The predicted octanol–water partition coefficient (Wildman–Crippen LogP) is 5.35. The lowest BCUT2D eigenvalue weighted by molar-refractivity contribution is -0.171. The summed E-state index contributed by atoms with van der Waals surface area (Å²) in [5.74, 6) is -3.70. The number of fused-ring (bicyclic) bond motifs is 2. The number of nitrogens with one attached hydrogen (secondary N) is 1. The van der Waals surface area contributed by atoms with E-state index in [0.29, 0.717) is 19.4 Å². The molecule has 3 fully saturated rings. The van der Waals surface area contributed by atoms with Crippen molar-refractivity contribution in [3.63, 3.8) is 0 Å². The van der Waals surface area contributed by atoms with Crippen LogP contribution in [0.15, 0.2) is 41.3 Å². The summed E-state index contributed by atoms with van der Waals surface area (Å²) in [6, 6.07) is 7.00. The van der Waals surface area contributed by atoms with E-state index in [4.69, 9.17) is 21.1 Å². The van der Waals surface area contributed by atoms with Gasteiger partial charge >= 0.3 is 0 Å². The molecule has 3 aliphatic rings. The third kappa shape index (κ3) is 4.48. The molecule has 5 rings (SSSR count). The van der Waals surface area contributed by atoms with Crippen molar-refractivity contribution in [3.8, 4) is 0 Å². The number of rotatable bonds is 4. The molecule has 1 amide bonds. The van der Waals surface area contributed by atoms with Crippen LogP contribution in [0, 0.1) is 23.5 Å². The number of hydrogen-bond donors (Lipinski definition) is 1. The normalized spacial score (nSPS) is 29.5. The molecule has 2 aromatic rings. The van der Waals surface area contributed by atoms with Crippen molar-refractivity contribution in [1.29, 1.82) is 0 Å². The van der Waals surface area contributed by atoms with Crippen molar-refractivity contribution in [2.45, 2.75) is 61.1 Å². The number of halogens is 3. The SMILES string of the molecule is CC1(C)OCC2(CC3CCC(C2)C3S(=O)(=O)c2cc(C(=O)Nc3ccc(F)c(F)c3)ccc2Cl)O1. The Morgan fingerprint density at radius 1 is 1.06 bits per heavy atom. The fraction of sp³-hybridized carbons (Fsp3) is 0.480. The highest BCUT2D eigenvalue weighted by atomic mass is 35.5. The molecular weight excluding hydrogens is 500 g/mol. The molecule has 1 N–H and O–H groups in total. The summed E-state index contributed by atoms with van der Waals surface area (Å²) in [7, 11) is -3.86. The molecular formula is C25H26ClF2NO5S. The molecule has 35 heavy (non-hydrogen) atoms. The Morgan fingerprint density at radius 3 is 2.34 bits per heavy atom. The van der Waals surface area contributed by atoms with E-state index in [2.05, 4.69) is 5.32 Å². The standard InChI is InChI=1S/C25H26ClF2NO5S/c1-24(2)33-13-25(34-24)11-15-3-4-16(12-25)22(15)35(31,32)21-9-14(5-7-18(21)26)23(30)29-17-6-8-19(27)20(28)10-17/h5-10,15-16,22H,3-4,11-13H2,1-2H3,(H,29,30). The molecule has 2 saturated carbocycles. The summed E-state index contributed by atoms with van der Waals surface area (Å²) in [6.07, 6.45) is 2.72. The summed E-state index contributed by atoms with van der Waals surface area (Å²) in [4.78, 5) is 12.7. The number of anilines is 1. The first-order valence-electron chi connectivity index (χ1n) is 11.5. The number of carbonyl (C=O) groups excluding carboxylic acids is 1. The van der Waals surface area contributed by atoms with Gasteiger partial charge in [0.1, 0.15) is 0 Å². The Kier molecular flexibility index (Phi) is 5.98. The van der Waals surface area contributed by atoms with Gasteiger partial charge in [0.15, 0.2) is 27.3 Å². The highest BCUT2D eigenvalue weighted by Gasteiger charge is 2.58. The smallest absolute Gasteiger partial charge is 0.255 e. The molecule has 0 aromatic heterocycles. The summed E-state index contributed by atoms with van der Waals surface area (Å²) in [6.45, 7) is 4.17. The van der Waals surface area contributed by atoms with Crippen LogP contribution in [0.2, 0.25) is 5.02 Å². The van der Waals surface area contributed by atoms with Gasteiger partial charge in [0.25, 0.3) is 5.91 Å². The lowest BCUT2D eigenvalue weighted by atomic mass is 9.77. The van der Waals surface area contributed by atoms with Crippen LogP contribution in [-0.4, -0.2) is 37.6 Å². The average molecular weight is 526 g/mol. The number of ether oxygens (including phenoxy) is 2.